The standard InChI is InChI=1S/C17H19N3O2S/c21-15(14-3-1-7-18-14)19-8-2-5-17(12-19)6-9-20(16(17)22)13-4-10-23-11-13/h1,3-4,7,10-11,18H,2,5-6,8-9,12H2/t17-/m1/s1. The van der Waals surface area contributed by atoms with Crippen LogP contribution >= 0.6 is 11.3 Å². The second-order valence-electron chi connectivity index (χ2n) is 6.38. The second kappa shape index (κ2) is 5.53. The molecule has 0 aromatic carbocycles. The highest BCUT2D eigenvalue weighted by Crippen LogP contribution is 2.42. The smallest absolute Gasteiger partial charge is 0.270 e. The molecule has 6 heteroatoms. The Balaban J connectivity index is 1.55. The molecule has 2 saturated heterocycles. The third-order valence-electron chi connectivity index (χ3n) is 5.02. The Labute approximate surface area is 138 Å². The predicted molar refractivity (Wildman–Crippen MR) is 89.7 cm³/mol. The van der Waals surface area contributed by atoms with Crippen LogP contribution in [0.25, 0.3) is 0 Å². The quantitative estimate of drug-likeness (QED) is 0.921. The number of nitrogens with zero attached hydrogens (tertiary/aromatic N) is 2. The Bertz CT molecular complexity index is 710. The zero-order valence-electron chi connectivity index (χ0n) is 12.8. The van der Waals surface area contributed by atoms with Crippen molar-refractivity contribution < 1.29 is 9.59 Å². The van der Waals surface area contributed by atoms with Gasteiger partial charge >= 0.3 is 0 Å². The molecule has 1 N–H and O–H groups in total. The van der Waals surface area contributed by atoms with Gasteiger partial charge in [-0.25, -0.2) is 0 Å². The van der Waals surface area contributed by atoms with Crippen LogP contribution in [0.1, 0.15) is 29.8 Å². The molecule has 1 spiro atoms. The van der Waals surface area contributed by atoms with Crippen LogP contribution in [-0.4, -0.2) is 41.3 Å². The topological polar surface area (TPSA) is 56.4 Å². The van der Waals surface area contributed by atoms with E-state index in [1.54, 1.807) is 23.6 Å². The molecular weight excluding hydrogens is 310 g/mol. The van der Waals surface area contributed by atoms with Gasteiger partial charge in [0.1, 0.15) is 5.69 Å². The van der Waals surface area contributed by atoms with Crippen molar-refractivity contribution in [1.82, 2.24) is 9.88 Å². The first-order valence-corrected chi connectivity index (χ1v) is 8.91. The van der Waals surface area contributed by atoms with Crippen molar-refractivity contribution in [2.24, 2.45) is 5.41 Å². The summed E-state index contributed by atoms with van der Waals surface area (Å²) < 4.78 is 0. The zero-order valence-corrected chi connectivity index (χ0v) is 13.6. The summed E-state index contributed by atoms with van der Waals surface area (Å²) in [5.74, 6) is 0.177. The predicted octanol–water partition coefficient (Wildman–Crippen LogP) is 2.74. The van der Waals surface area contributed by atoms with Gasteiger partial charge in [0, 0.05) is 31.2 Å². The van der Waals surface area contributed by atoms with Crippen LogP contribution in [0.4, 0.5) is 5.69 Å². The monoisotopic (exact) mass is 329 g/mol. The van der Waals surface area contributed by atoms with Crippen LogP contribution in [0.2, 0.25) is 0 Å². The van der Waals surface area contributed by atoms with E-state index in [2.05, 4.69) is 4.98 Å². The van der Waals surface area contributed by atoms with Crippen LogP contribution in [0.15, 0.2) is 35.2 Å². The molecular formula is C17H19N3O2S. The number of aromatic amines is 1. The minimum atomic E-state index is -0.400. The molecule has 2 aliphatic rings. The largest absolute Gasteiger partial charge is 0.357 e. The fourth-order valence-corrected chi connectivity index (χ4v) is 4.44. The van der Waals surface area contributed by atoms with Gasteiger partial charge in [-0.3, -0.25) is 9.59 Å². The molecule has 2 aromatic rings. The number of carbonyl (C=O) groups excluding carboxylic acids is 2. The number of aromatic nitrogens is 1. The summed E-state index contributed by atoms with van der Waals surface area (Å²) in [7, 11) is 0. The lowest BCUT2D eigenvalue weighted by molar-refractivity contribution is -0.127. The number of amides is 2. The molecule has 5 nitrogen and oxygen atoms in total. The fraction of sp³-hybridized carbons (Fsp3) is 0.412. The highest BCUT2D eigenvalue weighted by atomic mass is 32.1. The summed E-state index contributed by atoms with van der Waals surface area (Å²) in [6.07, 6.45) is 4.35. The first kappa shape index (κ1) is 14.5. The highest BCUT2D eigenvalue weighted by Gasteiger charge is 2.50. The van der Waals surface area contributed by atoms with Crippen molar-refractivity contribution in [3.63, 3.8) is 0 Å². The van der Waals surface area contributed by atoms with E-state index in [0.717, 1.165) is 38.0 Å². The van der Waals surface area contributed by atoms with Gasteiger partial charge in [-0.15, -0.1) is 0 Å². The Kier molecular flexibility index (Phi) is 3.49. The molecule has 4 rings (SSSR count). The molecule has 2 fully saturated rings. The van der Waals surface area contributed by atoms with Gasteiger partial charge in [0.05, 0.1) is 11.1 Å². The van der Waals surface area contributed by atoms with Crippen molar-refractivity contribution in [2.75, 3.05) is 24.5 Å². The maximum atomic E-state index is 13.0. The summed E-state index contributed by atoms with van der Waals surface area (Å²) in [5, 5.41) is 4.01. The molecule has 2 aromatic heterocycles. The van der Waals surface area contributed by atoms with Gasteiger partial charge in [0.25, 0.3) is 5.91 Å². The highest BCUT2D eigenvalue weighted by molar-refractivity contribution is 7.08. The van der Waals surface area contributed by atoms with Crippen molar-refractivity contribution >= 4 is 28.8 Å². The third-order valence-corrected chi connectivity index (χ3v) is 5.69. The Morgan fingerprint density at radius 2 is 2.17 bits per heavy atom. The Morgan fingerprint density at radius 1 is 1.26 bits per heavy atom. The minimum absolute atomic E-state index is 0.00383. The lowest BCUT2D eigenvalue weighted by atomic mass is 9.78. The number of rotatable bonds is 2. The van der Waals surface area contributed by atoms with E-state index in [-0.39, 0.29) is 11.8 Å². The van der Waals surface area contributed by atoms with E-state index >= 15 is 0 Å². The molecule has 0 unspecified atom stereocenters. The number of likely N-dealkylation sites (tertiary alicyclic amines) is 1. The van der Waals surface area contributed by atoms with E-state index in [1.807, 2.05) is 32.7 Å². The van der Waals surface area contributed by atoms with E-state index in [9.17, 15) is 9.59 Å². The average Bonchev–Trinajstić information content (AvgIpc) is 3.31. The van der Waals surface area contributed by atoms with Crippen LogP contribution in [0.5, 0.6) is 0 Å². The molecule has 0 aliphatic carbocycles. The lowest BCUT2D eigenvalue weighted by Crippen LogP contribution is -2.50. The van der Waals surface area contributed by atoms with E-state index < -0.39 is 5.41 Å². The van der Waals surface area contributed by atoms with Crippen LogP contribution in [0, 0.1) is 5.41 Å². The number of thiophene rings is 1. The van der Waals surface area contributed by atoms with Crippen LogP contribution in [-0.2, 0) is 4.79 Å². The summed E-state index contributed by atoms with van der Waals surface area (Å²) >= 11 is 1.60. The normalized spacial score (nSPS) is 24.6. The summed E-state index contributed by atoms with van der Waals surface area (Å²) in [5.41, 5.74) is 1.19. The molecule has 23 heavy (non-hydrogen) atoms. The fourth-order valence-electron chi connectivity index (χ4n) is 3.80. The van der Waals surface area contributed by atoms with Gasteiger partial charge < -0.3 is 14.8 Å². The number of hydrogen-bond donors (Lipinski definition) is 1. The average molecular weight is 329 g/mol. The number of anilines is 1. The molecule has 0 bridgehead atoms. The number of nitrogens with one attached hydrogen (secondary N) is 1. The Hall–Kier alpha value is -2.08. The summed E-state index contributed by atoms with van der Waals surface area (Å²) in [6, 6.07) is 5.61. The van der Waals surface area contributed by atoms with E-state index in [0.29, 0.717) is 12.2 Å². The minimum Gasteiger partial charge on any atom is -0.357 e. The number of H-pyrrole nitrogens is 1. The first-order chi connectivity index (χ1) is 11.2. The van der Waals surface area contributed by atoms with Crippen molar-refractivity contribution in [3.05, 3.63) is 40.8 Å². The third kappa shape index (κ3) is 2.37. The van der Waals surface area contributed by atoms with Gasteiger partial charge in [-0.05, 0) is 42.8 Å². The van der Waals surface area contributed by atoms with Gasteiger partial charge in [-0.2, -0.15) is 11.3 Å². The van der Waals surface area contributed by atoms with Gasteiger partial charge in [0.15, 0.2) is 0 Å². The molecule has 2 amide bonds. The van der Waals surface area contributed by atoms with Gasteiger partial charge in [0.2, 0.25) is 5.91 Å². The Morgan fingerprint density at radius 3 is 2.91 bits per heavy atom. The van der Waals surface area contributed by atoms with Crippen molar-refractivity contribution in [2.45, 2.75) is 19.3 Å². The summed E-state index contributed by atoms with van der Waals surface area (Å²) in [4.78, 5) is 32.3. The van der Waals surface area contributed by atoms with E-state index in [1.165, 1.54) is 0 Å². The van der Waals surface area contributed by atoms with Crippen LogP contribution in [0.3, 0.4) is 0 Å². The molecule has 0 saturated carbocycles. The molecule has 1 atom stereocenters. The van der Waals surface area contributed by atoms with E-state index in [4.69, 9.17) is 0 Å². The van der Waals surface area contributed by atoms with Crippen molar-refractivity contribution in [1.29, 1.82) is 0 Å². The SMILES string of the molecule is O=C(c1ccc[nH]1)N1CCC[C@@]2(CCN(c3ccsc3)C2=O)C1. The second-order valence-corrected chi connectivity index (χ2v) is 7.16. The number of piperidine rings is 1. The molecule has 4 heterocycles. The number of hydrogen-bond acceptors (Lipinski definition) is 3. The molecule has 120 valence electrons. The lowest BCUT2D eigenvalue weighted by Gasteiger charge is -2.38. The zero-order chi connectivity index (χ0) is 15.9. The summed E-state index contributed by atoms with van der Waals surface area (Å²) in [6.45, 7) is 2.01. The van der Waals surface area contributed by atoms with Crippen LogP contribution < -0.4 is 4.90 Å². The van der Waals surface area contributed by atoms with Crippen molar-refractivity contribution in [3.8, 4) is 0 Å². The maximum absolute atomic E-state index is 13.0. The maximum Gasteiger partial charge on any atom is 0.270 e. The van der Waals surface area contributed by atoms with Gasteiger partial charge in [-0.1, -0.05) is 0 Å². The number of carbonyl (C=O) groups is 2. The molecule has 0 radical (unpaired) electrons. The first-order valence-electron chi connectivity index (χ1n) is 7.96. The molecule has 2 aliphatic heterocycles.